The first-order valence-corrected chi connectivity index (χ1v) is 9.09. The number of amides is 3. The number of ether oxygens (including phenoxy) is 1. The fourth-order valence-corrected chi connectivity index (χ4v) is 3.56. The van der Waals surface area contributed by atoms with Gasteiger partial charge in [0.05, 0.1) is 12.3 Å². The number of nitrogens with zero attached hydrogens (tertiary/aromatic N) is 1. The number of rotatable bonds is 6. The molecule has 3 amide bonds. The van der Waals surface area contributed by atoms with Crippen LogP contribution >= 0.6 is 11.8 Å². The molecule has 0 aromatic heterocycles. The van der Waals surface area contributed by atoms with Gasteiger partial charge in [0.15, 0.2) is 0 Å². The molecule has 0 radical (unpaired) electrons. The highest BCUT2D eigenvalue weighted by Gasteiger charge is 2.41. The normalized spacial score (nSPS) is 16.7. The number of thioether (sulfide) groups is 1. The van der Waals surface area contributed by atoms with Crippen molar-refractivity contribution in [1.29, 1.82) is 0 Å². The van der Waals surface area contributed by atoms with E-state index in [1.807, 2.05) is 13.0 Å². The minimum Gasteiger partial charge on any atom is -0.494 e. The van der Waals surface area contributed by atoms with Crippen molar-refractivity contribution in [2.24, 2.45) is 0 Å². The molecule has 0 aliphatic carbocycles. The van der Waals surface area contributed by atoms with Gasteiger partial charge in [0.1, 0.15) is 11.0 Å². The predicted molar refractivity (Wildman–Crippen MR) is 102 cm³/mol. The molecule has 134 valence electrons. The third-order valence-corrected chi connectivity index (χ3v) is 4.79. The van der Waals surface area contributed by atoms with Gasteiger partial charge >= 0.3 is 0 Å². The van der Waals surface area contributed by atoms with Crippen molar-refractivity contribution in [3.8, 4) is 5.75 Å². The summed E-state index contributed by atoms with van der Waals surface area (Å²) in [4.78, 5) is 38.0. The van der Waals surface area contributed by atoms with Crippen LogP contribution in [0.1, 0.15) is 13.3 Å². The van der Waals surface area contributed by atoms with Gasteiger partial charge in [-0.3, -0.25) is 14.4 Å². The summed E-state index contributed by atoms with van der Waals surface area (Å²) in [5.74, 6) is 0.0342. The van der Waals surface area contributed by atoms with Crippen molar-refractivity contribution in [3.63, 3.8) is 0 Å². The Morgan fingerprint density at radius 1 is 1.12 bits per heavy atom. The van der Waals surface area contributed by atoms with E-state index in [9.17, 15) is 14.4 Å². The Labute approximate surface area is 155 Å². The highest BCUT2D eigenvalue weighted by Crippen LogP contribution is 2.33. The van der Waals surface area contributed by atoms with Crippen LogP contribution < -0.4 is 15.0 Å². The van der Waals surface area contributed by atoms with Crippen molar-refractivity contribution in [3.05, 3.63) is 54.6 Å². The lowest BCUT2D eigenvalue weighted by Gasteiger charge is -2.13. The van der Waals surface area contributed by atoms with E-state index < -0.39 is 5.25 Å². The molecular formula is C19H18N2O4S. The second-order valence-corrected chi connectivity index (χ2v) is 6.75. The molecule has 3 rings (SSSR count). The third-order valence-electron chi connectivity index (χ3n) is 3.76. The number of carbonyl (C=O) groups excluding carboxylic acids is 3. The summed E-state index contributed by atoms with van der Waals surface area (Å²) in [6.45, 7) is 2.46. The fraction of sp³-hybridized carbons (Fsp3) is 0.211. The Kier molecular flexibility index (Phi) is 5.58. The van der Waals surface area contributed by atoms with E-state index in [2.05, 4.69) is 5.32 Å². The van der Waals surface area contributed by atoms with E-state index in [4.69, 9.17) is 4.74 Å². The van der Waals surface area contributed by atoms with E-state index in [1.54, 1.807) is 48.5 Å². The van der Waals surface area contributed by atoms with Gasteiger partial charge in [0.2, 0.25) is 11.8 Å². The molecule has 1 saturated heterocycles. The average molecular weight is 370 g/mol. The summed E-state index contributed by atoms with van der Waals surface area (Å²) in [6, 6.07) is 15.7. The van der Waals surface area contributed by atoms with Crippen LogP contribution in [0.15, 0.2) is 54.6 Å². The molecule has 1 aliphatic heterocycles. The highest BCUT2D eigenvalue weighted by atomic mass is 32.2. The molecule has 6 nitrogen and oxygen atoms in total. The predicted octanol–water partition coefficient (Wildman–Crippen LogP) is 3.68. The fourth-order valence-electron chi connectivity index (χ4n) is 2.58. The molecule has 1 aliphatic rings. The van der Waals surface area contributed by atoms with E-state index in [1.165, 1.54) is 0 Å². The standard InChI is InChI=1S/C19H18N2O4S/c1-2-25-15-10-8-13(9-11-15)20-17(22)12-16-18(23)21(19(24)26-16)14-6-4-3-5-7-14/h3-11,16H,2,12H2,1H3,(H,20,22)/t16-/m0/s1. The number of nitrogens with one attached hydrogen (secondary N) is 1. The second-order valence-electron chi connectivity index (χ2n) is 5.59. The van der Waals surface area contributed by atoms with Gasteiger partial charge in [0, 0.05) is 12.1 Å². The first-order chi connectivity index (χ1) is 12.6. The largest absolute Gasteiger partial charge is 0.494 e. The Morgan fingerprint density at radius 2 is 1.81 bits per heavy atom. The number of para-hydroxylation sites is 1. The van der Waals surface area contributed by atoms with E-state index in [0.29, 0.717) is 18.0 Å². The van der Waals surface area contributed by atoms with Gasteiger partial charge in [0.25, 0.3) is 5.24 Å². The summed E-state index contributed by atoms with van der Waals surface area (Å²) in [5.41, 5.74) is 1.13. The van der Waals surface area contributed by atoms with Crippen LogP contribution in [0.3, 0.4) is 0 Å². The maximum Gasteiger partial charge on any atom is 0.293 e. The molecule has 7 heteroatoms. The number of hydrogen-bond donors (Lipinski definition) is 1. The summed E-state index contributed by atoms with van der Waals surface area (Å²) in [6.07, 6.45) is -0.0637. The molecule has 1 fully saturated rings. The summed E-state index contributed by atoms with van der Waals surface area (Å²) in [5, 5.41) is 1.66. The van der Waals surface area contributed by atoms with Gasteiger partial charge in [-0.05, 0) is 55.1 Å². The molecule has 0 unspecified atom stereocenters. The zero-order valence-corrected chi connectivity index (χ0v) is 15.0. The lowest BCUT2D eigenvalue weighted by molar-refractivity contribution is -0.121. The average Bonchev–Trinajstić information content (AvgIpc) is 2.91. The lowest BCUT2D eigenvalue weighted by Crippen LogP contribution is -2.32. The smallest absolute Gasteiger partial charge is 0.293 e. The van der Waals surface area contributed by atoms with Crippen LogP contribution in [0, 0.1) is 0 Å². The summed E-state index contributed by atoms with van der Waals surface area (Å²) in [7, 11) is 0. The maximum absolute atomic E-state index is 12.5. The van der Waals surface area contributed by atoms with E-state index in [0.717, 1.165) is 22.4 Å². The second kappa shape index (κ2) is 8.05. The Morgan fingerprint density at radius 3 is 2.46 bits per heavy atom. The molecule has 2 aromatic rings. The molecular weight excluding hydrogens is 352 g/mol. The van der Waals surface area contributed by atoms with Crippen molar-refractivity contribution in [1.82, 2.24) is 0 Å². The van der Waals surface area contributed by atoms with Crippen molar-refractivity contribution in [2.75, 3.05) is 16.8 Å². The molecule has 1 heterocycles. The SMILES string of the molecule is CCOc1ccc(NC(=O)C[C@@H]2SC(=O)N(c3ccccc3)C2=O)cc1. The van der Waals surface area contributed by atoms with Crippen LogP contribution in [0.5, 0.6) is 5.75 Å². The maximum atomic E-state index is 12.5. The Hall–Kier alpha value is -2.80. The molecule has 1 N–H and O–H groups in total. The van der Waals surface area contributed by atoms with Gasteiger partial charge in [-0.25, -0.2) is 4.90 Å². The lowest BCUT2D eigenvalue weighted by atomic mass is 10.2. The molecule has 0 bridgehead atoms. The van der Waals surface area contributed by atoms with Crippen molar-refractivity contribution in [2.45, 2.75) is 18.6 Å². The minimum absolute atomic E-state index is 0.0637. The molecule has 1 atom stereocenters. The number of carbonyl (C=O) groups is 3. The van der Waals surface area contributed by atoms with Crippen LogP contribution in [-0.4, -0.2) is 28.9 Å². The first kappa shape index (κ1) is 18.0. The molecule has 2 aromatic carbocycles. The highest BCUT2D eigenvalue weighted by molar-refractivity contribution is 8.15. The van der Waals surface area contributed by atoms with Gasteiger partial charge in [-0.2, -0.15) is 0 Å². The van der Waals surface area contributed by atoms with Gasteiger partial charge in [-0.15, -0.1) is 0 Å². The number of benzene rings is 2. The molecule has 26 heavy (non-hydrogen) atoms. The number of hydrogen-bond acceptors (Lipinski definition) is 5. The van der Waals surface area contributed by atoms with Crippen molar-refractivity contribution >= 4 is 40.2 Å². The van der Waals surface area contributed by atoms with Gasteiger partial charge < -0.3 is 10.1 Å². The quantitative estimate of drug-likeness (QED) is 0.839. The van der Waals surface area contributed by atoms with Crippen LogP contribution in [-0.2, 0) is 9.59 Å². The molecule has 0 saturated carbocycles. The van der Waals surface area contributed by atoms with Gasteiger partial charge in [-0.1, -0.05) is 18.2 Å². The third kappa shape index (κ3) is 4.05. The van der Waals surface area contributed by atoms with E-state index >= 15 is 0 Å². The number of imide groups is 1. The first-order valence-electron chi connectivity index (χ1n) is 8.21. The summed E-state index contributed by atoms with van der Waals surface area (Å²) < 4.78 is 5.35. The molecule has 0 spiro atoms. The topological polar surface area (TPSA) is 75.7 Å². The summed E-state index contributed by atoms with van der Waals surface area (Å²) >= 11 is 0.881. The number of anilines is 2. The van der Waals surface area contributed by atoms with Crippen LogP contribution in [0.2, 0.25) is 0 Å². The zero-order chi connectivity index (χ0) is 18.5. The Bertz CT molecular complexity index is 808. The van der Waals surface area contributed by atoms with Crippen LogP contribution in [0.25, 0.3) is 0 Å². The Balaban J connectivity index is 1.61. The van der Waals surface area contributed by atoms with E-state index in [-0.39, 0.29) is 23.5 Å². The zero-order valence-electron chi connectivity index (χ0n) is 14.2. The monoisotopic (exact) mass is 370 g/mol. The van der Waals surface area contributed by atoms with Crippen molar-refractivity contribution < 1.29 is 19.1 Å². The van der Waals surface area contributed by atoms with Crippen LogP contribution in [0.4, 0.5) is 16.2 Å². The minimum atomic E-state index is -0.717.